The summed E-state index contributed by atoms with van der Waals surface area (Å²) < 4.78 is 5.09. The Morgan fingerprint density at radius 1 is 1.45 bits per heavy atom. The molecule has 0 aromatic heterocycles. The summed E-state index contributed by atoms with van der Waals surface area (Å²) in [5.74, 6) is 5.71. The highest BCUT2D eigenvalue weighted by Crippen LogP contribution is 2.24. The van der Waals surface area contributed by atoms with Gasteiger partial charge in [-0.25, -0.2) is 4.79 Å². The van der Waals surface area contributed by atoms with Crippen molar-refractivity contribution in [3.05, 3.63) is 28.3 Å². The van der Waals surface area contributed by atoms with Crippen molar-refractivity contribution in [2.75, 3.05) is 12.3 Å². The highest BCUT2D eigenvalue weighted by molar-refractivity contribution is 6.32. The molecule has 0 unspecified atom stereocenters. The van der Waals surface area contributed by atoms with Crippen molar-refractivity contribution in [1.29, 1.82) is 0 Å². The van der Waals surface area contributed by atoms with Crippen LogP contribution in [0.2, 0.25) is 5.02 Å². The van der Waals surface area contributed by atoms with Crippen LogP contribution >= 0.6 is 11.6 Å². The van der Waals surface area contributed by atoms with Gasteiger partial charge in [0.1, 0.15) is 5.60 Å². The number of hydrogen-bond acceptors (Lipinski definition) is 3. The van der Waals surface area contributed by atoms with Crippen molar-refractivity contribution >= 4 is 23.4 Å². The Morgan fingerprint density at radius 2 is 2.10 bits per heavy atom. The van der Waals surface area contributed by atoms with E-state index in [2.05, 4.69) is 17.2 Å². The molecule has 0 saturated heterocycles. The van der Waals surface area contributed by atoms with E-state index < -0.39 is 11.7 Å². The molecular weight excluding hydrogens is 276 g/mol. The summed E-state index contributed by atoms with van der Waals surface area (Å²) in [4.78, 5) is 11.4. The van der Waals surface area contributed by atoms with Gasteiger partial charge in [0.05, 0.1) is 11.6 Å². The van der Waals surface area contributed by atoms with Crippen molar-refractivity contribution in [1.82, 2.24) is 5.32 Å². The third-order valence-corrected chi connectivity index (χ3v) is 2.86. The lowest BCUT2D eigenvalue weighted by molar-refractivity contribution is 0.0535. The normalized spacial score (nSPS) is 10.4. The zero-order chi connectivity index (χ0) is 15.3. The fraction of sp³-hybridized carbons (Fsp3) is 0.400. The van der Waals surface area contributed by atoms with Crippen LogP contribution in [-0.4, -0.2) is 18.2 Å². The molecule has 5 heteroatoms. The van der Waals surface area contributed by atoms with Crippen LogP contribution in [0.1, 0.15) is 31.9 Å². The zero-order valence-electron chi connectivity index (χ0n) is 12.1. The summed E-state index contributed by atoms with van der Waals surface area (Å²) in [6, 6.07) is 3.51. The van der Waals surface area contributed by atoms with Gasteiger partial charge in [-0.15, -0.1) is 0 Å². The first-order valence-electron chi connectivity index (χ1n) is 6.21. The fourth-order valence-electron chi connectivity index (χ4n) is 1.37. The van der Waals surface area contributed by atoms with E-state index in [-0.39, 0.29) is 6.54 Å². The van der Waals surface area contributed by atoms with Crippen LogP contribution in [0.3, 0.4) is 0 Å². The monoisotopic (exact) mass is 294 g/mol. The van der Waals surface area contributed by atoms with Gasteiger partial charge >= 0.3 is 6.09 Å². The van der Waals surface area contributed by atoms with Crippen molar-refractivity contribution in [3.63, 3.8) is 0 Å². The molecule has 1 amide bonds. The number of anilines is 1. The summed E-state index contributed by atoms with van der Waals surface area (Å²) in [5, 5.41) is 3.09. The predicted octanol–water partition coefficient (Wildman–Crippen LogP) is 3.11. The molecule has 20 heavy (non-hydrogen) atoms. The standard InChI is InChI=1S/C15H19ClN2O2/c1-10-12(17)8-7-11(13(10)16)6-5-9-18-14(19)20-15(2,3)4/h7-8H,9,17H2,1-4H3,(H,18,19). The Balaban J connectivity index is 2.60. The minimum Gasteiger partial charge on any atom is -0.444 e. The molecule has 0 saturated carbocycles. The van der Waals surface area contributed by atoms with E-state index in [1.807, 2.05) is 6.92 Å². The van der Waals surface area contributed by atoms with Gasteiger partial charge in [-0.2, -0.15) is 0 Å². The Hall–Kier alpha value is -1.86. The number of nitrogen functional groups attached to an aromatic ring is 1. The maximum absolute atomic E-state index is 11.4. The molecule has 1 rings (SSSR count). The Labute approximate surface area is 124 Å². The molecule has 0 aliphatic rings. The van der Waals surface area contributed by atoms with Crippen LogP contribution in [0.5, 0.6) is 0 Å². The topological polar surface area (TPSA) is 64.3 Å². The lowest BCUT2D eigenvalue weighted by Crippen LogP contribution is -2.32. The third kappa shape index (κ3) is 5.02. The molecule has 3 N–H and O–H groups in total. The minimum absolute atomic E-state index is 0.189. The van der Waals surface area contributed by atoms with Crippen molar-refractivity contribution in [2.24, 2.45) is 0 Å². The van der Waals surface area contributed by atoms with E-state index in [9.17, 15) is 4.79 Å². The zero-order valence-corrected chi connectivity index (χ0v) is 12.9. The van der Waals surface area contributed by atoms with Crippen LogP contribution in [0.4, 0.5) is 10.5 Å². The number of carbonyl (C=O) groups excluding carboxylic acids is 1. The van der Waals surface area contributed by atoms with Gasteiger partial charge < -0.3 is 15.8 Å². The molecule has 0 bridgehead atoms. The lowest BCUT2D eigenvalue weighted by Gasteiger charge is -2.19. The van der Waals surface area contributed by atoms with E-state index >= 15 is 0 Å². The Bertz CT molecular complexity index is 566. The molecule has 0 radical (unpaired) electrons. The van der Waals surface area contributed by atoms with Gasteiger partial charge in [0.15, 0.2) is 0 Å². The molecule has 1 aromatic rings. The summed E-state index contributed by atoms with van der Waals surface area (Å²) in [6.45, 7) is 7.43. The van der Waals surface area contributed by atoms with E-state index in [4.69, 9.17) is 22.1 Å². The minimum atomic E-state index is -0.519. The maximum Gasteiger partial charge on any atom is 0.408 e. The number of ether oxygens (including phenoxy) is 1. The number of nitrogens with two attached hydrogens (primary N) is 1. The van der Waals surface area contributed by atoms with Crippen molar-refractivity contribution in [3.8, 4) is 11.8 Å². The summed E-state index contributed by atoms with van der Waals surface area (Å²) >= 11 is 6.13. The molecule has 0 aliphatic heterocycles. The Kier molecular flexibility index (Phi) is 5.29. The molecule has 108 valence electrons. The second kappa shape index (κ2) is 6.53. The number of hydrogen-bond donors (Lipinski definition) is 2. The number of rotatable bonds is 1. The number of amides is 1. The van der Waals surface area contributed by atoms with Crippen LogP contribution < -0.4 is 11.1 Å². The van der Waals surface area contributed by atoms with Crippen LogP contribution in [0.25, 0.3) is 0 Å². The molecule has 0 fully saturated rings. The second-order valence-electron chi connectivity index (χ2n) is 5.30. The van der Waals surface area contributed by atoms with E-state index in [0.717, 1.165) is 5.56 Å². The van der Waals surface area contributed by atoms with E-state index in [0.29, 0.717) is 16.3 Å². The third-order valence-electron chi connectivity index (χ3n) is 2.37. The van der Waals surface area contributed by atoms with Gasteiger partial charge in [-0.05, 0) is 45.4 Å². The van der Waals surface area contributed by atoms with Gasteiger partial charge in [0, 0.05) is 11.3 Å². The molecule has 1 aromatic carbocycles. The lowest BCUT2D eigenvalue weighted by atomic mass is 10.1. The van der Waals surface area contributed by atoms with Crippen LogP contribution in [-0.2, 0) is 4.74 Å². The summed E-state index contributed by atoms with van der Waals surface area (Å²) in [7, 11) is 0. The molecule has 4 nitrogen and oxygen atoms in total. The SMILES string of the molecule is Cc1c(N)ccc(C#CCNC(=O)OC(C)(C)C)c1Cl. The fourth-order valence-corrected chi connectivity index (χ4v) is 1.59. The number of halogens is 1. The van der Waals surface area contributed by atoms with Gasteiger partial charge in [-0.1, -0.05) is 23.4 Å². The van der Waals surface area contributed by atoms with Gasteiger partial charge in [0.25, 0.3) is 0 Å². The predicted molar refractivity (Wildman–Crippen MR) is 81.7 cm³/mol. The molecule has 0 aliphatic carbocycles. The first kappa shape index (κ1) is 16.2. The summed E-state index contributed by atoms with van der Waals surface area (Å²) in [6.07, 6.45) is -0.494. The largest absolute Gasteiger partial charge is 0.444 e. The number of alkyl carbamates (subject to hydrolysis) is 1. The quantitative estimate of drug-likeness (QED) is 0.618. The average molecular weight is 295 g/mol. The summed E-state index contributed by atoms with van der Waals surface area (Å²) in [5.41, 5.74) is 7.34. The van der Waals surface area contributed by atoms with Crippen molar-refractivity contribution in [2.45, 2.75) is 33.3 Å². The van der Waals surface area contributed by atoms with E-state index in [1.54, 1.807) is 32.9 Å². The molecule has 0 spiro atoms. The number of nitrogens with one attached hydrogen (secondary N) is 1. The molecular formula is C15H19ClN2O2. The van der Waals surface area contributed by atoms with Crippen LogP contribution in [0, 0.1) is 18.8 Å². The Morgan fingerprint density at radius 3 is 2.70 bits per heavy atom. The van der Waals surface area contributed by atoms with Crippen LogP contribution in [0.15, 0.2) is 12.1 Å². The average Bonchev–Trinajstić information content (AvgIpc) is 2.32. The van der Waals surface area contributed by atoms with Gasteiger partial charge in [-0.3, -0.25) is 0 Å². The molecule has 0 heterocycles. The number of benzene rings is 1. The first-order valence-corrected chi connectivity index (χ1v) is 6.59. The highest BCUT2D eigenvalue weighted by Gasteiger charge is 2.15. The number of carbonyl (C=O) groups is 1. The van der Waals surface area contributed by atoms with Crippen molar-refractivity contribution < 1.29 is 9.53 Å². The highest BCUT2D eigenvalue weighted by atomic mass is 35.5. The van der Waals surface area contributed by atoms with E-state index in [1.165, 1.54) is 0 Å². The smallest absolute Gasteiger partial charge is 0.408 e. The maximum atomic E-state index is 11.4. The molecule has 0 atom stereocenters. The van der Waals surface area contributed by atoms with Gasteiger partial charge in [0.2, 0.25) is 0 Å². The first-order chi connectivity index (χ1) is 9.20. The second-order valence-corrected chi connectivity index (χ2v) is 5.68.